The number of hydrogen-bond acceptors (Lipinski definition) is 2. The van der Waals surface area contributed by atoms with Gasteiger partial charge in [-0.2, -0.15) is 13.2 Å². The third-order valence-electron chi connectivity index (χ3n) is 2.08. The van der Waals surface area contributed by atoms with E-state index in [0.717, 1.165) is 18.5 Å². The van der Waals surface area contributed by atoms with Crippen molar-refractivity contribution >= 4 is 18.0 Å². The van der Waals surface area contributed by atoms with Crippen molar-refractivity contribution in [1.82, 2.24) is 0 Å². The first-order valence-electron chi connectivity index (χ1n) is 4.09. The topological polar surface area (TPSA) is 41.8 Å². The number of rotatable bonds is 0. The molecule has 15 heavy (non-hydrogen) atoms. The molecule has 1 amide bonds. The predicted octanol–water partition coefficient (Wildman–Crippen LogP) is 1.67. The van der Waals surface area contributed by atoms with Crippen LogP contribution < -0.4 is 0 Å². The number of amides is 1. The van der Waals surface area contributed by atoms with E-state index in [0.29, 0.717) is 0 Å². The van der Waals surface area contributed by atoms with Gasteiger partial charge < -0.3 is 0 Å². The summed E-state index contributed by atoms with van der Waals surface area (Å²) < 4.78 is 36.9. The van der Waals surface area contributed by atoms with Crippen LogP contribution in [0.2, 0.25) is 0 Å². The Hall–Kier alpha value is -1.72. The van der Waals surface area contributed by atoms with Crippen LogP contribution in [0.15, 0.2) is 33.8 Å². The summed E-state index contributed by atoms with van der Waals surface area (Å²) in [7, 11) is 0. The minimum Gasteiger partial charge on any atom is -0.271 e. The predicted molar refractivity (Wildman–Crippen MR) is 47.7 cm³/mol. The minimum absolute atomic E-state index is 0.0878. The molecule has 1 atom stereocenters. The number of fused-ring (bicyclic) bond motifs is 1. The molecule has 0 spiro atoms. The molecule has 0 aromatic rings. The Kier molecular flexibility index (Phi) is 2.06. The molecule has 1 aliphatic heterocycles. The van der Waals surface area contributed by atoms with Crippen molar-refractivity contribution in [3.63, 3.8) is 0 Å². The van der Waals surface area contributed by atoms with Gasteiger partial charge in [-0.1, -0.05) is 12.2 Å². The van der Waals surface area contributed by atoms with Gasteiger partial charge in [0.2, 0.25) is 0 Å². The van der Waals surface area contributed by atoms with Crippen LogP contribution in [0, 0.1) is 5.92 Å². The molecule has 0 N–H and O–H groups in total. The fourth-order valence-electron chi connectivity index (χ4n) is 1.33. The molecule has 0 saturated heterocycles. The maximum absolute atomic E-state index is 12.3. The Bertz CT molecular complexity index is 429. The lowest BCUT2D eigenvalue weighted by atomic mass is 9.93. The van der Waals surface area contributed by atoms with Gasteiger partial charge in [0.15, 0.2) is 0 Å². The summed E-state index contributed by atoms with van der Waals surface area (Å²) in [6.45, 7) is 0. The zero-order chi connectivity index (χ0) is 11.1. The molecule has 0 aromatic carbocycles. The van der Waals surface area contributed by atoms with E-state index in [1.807, 2.05) is 0 Å². The van der Waals surface area contributed by atoms with Crippen LogP contribution in [0.25, 0.3) is 0 Å². The van der Waals surface area contributed by atoms with Crippen LogP contribution in [0.4, 0.5) is 13.2 Å². The van der Waals surface area contributed by atoms with Crippen LogP contribution >= 0.6 is 0 Å². The molecule has 2 aliphatic rings. The van der Waals surface area contributed by atoms with Gasteiger partial charge in [0, 0.05) is 0 Å². The summed E-state index contributed by atoms with van der Waals surface area (Å²) in [5.41, 5.74) is -0.717. The monoisotopic (exact) mass is 214 g/mol. The SMILES string of the molecule is O=C1N=CN=C2C=C(C(F)(F)F)C=CC12. The zero-order valence-electron chi connectivity index (χ0n) is 7.32. The lowest BCUT2D eigenvalue weighted by Gasteiger charge is -2.18. The molecule has 78 valence electrons. The highest BCUT2D eigenvalue weighted by atomic mass is 19.4. The van der Waals surface area contributed by atoms with E-state index in [2.05, 4.69) is 9.98 Å². The lowest BCUT2D eigenvalue weighted by Crippen LogP contribution is -2.27. The molecular weight excluding hydrogens is 209 g/mol. The second-order valence-corrected chi connectivity index (χ2v) is 3.07. The standard InChI is InChI=1S/C9H5F3N2O/c10-9(11,12)5-1-2-6-7(3-5)13-4-14-8(6)15/h1-4,6H. The number of carbonyl (C=O) groups is 1. The molecule has 1 heterocycles. The average molecular weight is 214 g/mol. The summed E-state index contributed by atoms with van der Waals surface area (Å²) in [6.07, 6.45) is -0.532. The second kappa shape index (κ2) is 3.15. The van der Waals surface area contributed by atoms with Crippen LogP contribution in [0.1, 0.15) is 0 Å². The number of hydrogen-bond donors (Lipinski definition) is 0. The van der Waals surface area contributed by atoms with Crippen LogP contribution in [0.5, 0.6) is 0 Å². The quantitative estimate of drug-likeness (QED) is 0.604. The highest BCUT2D eigenvalue weighted by molar-refractivity contribution is 6.18. The Labute approximate surface area is 82.7 Å². The molecule has 6 heteroatoms. The number of nitrogens with zero attached hydrogens (tertiary/aromatic N) is 2. The Balaban J connectivity index is 2.38. The van der Waals surface area contributed by atoms with Gasteiger partial charge in [-0.3, -0.25) is 4.79 Å². The smallest absolute Gasteiger partial charge is 0.271 e. The van der Waals surface area contributed by atoms with Gasteiger partial charge in [-0.05, 0) is 6.08 Å². The molecule has 0 bridgehead atoms. The van der Waals surface area contributed by atoms with Crippen LogP contribution in [0.3, 0.4) is 0 Å². The summed E-state index contributed by atoms with van der Waals surface area (Å²) in [5, 5.41) is 0. The Morgan fingerprint density at radius 2 is 2.07 bits per heavy atom. The summed E-state index contributed by atoms with van der Waals surface area (Å²) in [4.78, 5) is 18.2. The maximum atomic E-state index is 12.3. The highest BCUT2D eigenvalue weighted by Crippen LogP contribution is 2.30. The molecule has 1 aliphatic carbocycles. The first kappa shape index (κ1) is 9.82. The number of carbonyl (C=O) groups excluding carboxylic acids is 1. The van der Waals surface area contributed by atoms with Crippen molar-refractivity contribution in [2.75, 3.05) is 0 Å². The van der Waals surface area contributed by atoms with Crippen molar-refractivity contribution in [2.24, 2.45) is 15.9 Å². The molecule has 3 nitrogen and oxygen atoms in total. The maximum Gasteiger partial charge on any atom is 0.416 e. The van der Waals surface area contributed by atoms with Crippen molar-refractivity contribution in [1.29, 1.82) is 0 Å². The molecular formula is C9H5F3N2O. The van der Waals surface area contributed by atoms with Crippen molar-refractivity contribution in [3.05, 3.63) is 23.8 Å². The molecule has 0 radical (unpaired) electrons. The number of allylic oxidation sites excluding steroid dienone is 3. The van der Waals surface area contributed by atoms with Crippen molar-refractivity contribution < 1.29 is 18.0 Å². The molecule has 1 unspecified atom stereocenters. The van der Waals surface area contributed by atoms with E-state index in [9.17, 15) is 18.0 Å². The van der Waals surface area contributed by atoms with Gasteiger partial charge in [0.05, 0.1) is 11.3 Å². The van der Waals surface area contributed by atoms with Gasteiger partial charge in [0.25, 0.3) is 5.91 Å². The van der Waals surface area contributed by atoms with E-state index in [-0.39, 0.29) is 5.71 Å². The number of alkyl halides is 3. The Morgan fingerprint density at radius 1 is 1.33 bits per heavy atom. The Morgan fingerprint density at radius 3 is 2.73 bits per heavy atom. The zero-order valence-corrected chi connectivity index (χ0v) is 7.32. The first-order chi connectivity index (χ1) is 6.98. The molecule has 0 aromatic heterocycles. The average Bonchev–Trinajstić information content (AvgIpc) is 2.16. The normalized spacial score (nSPS) is 24.7. The lowest BCUT2D eigenvalue weighted by molar-refractivity contribution is -0.118. The van der Waals surface area contributed by atoms with E-state index in [1.54, 1.807) is 0 Å². The van der Waals surface area contributed by atoms with Gasteiger partial charge in [-0.25, -0.2) is 9.98 Å². The summed E-state index contributed by atoms with van der Waals surface area (Å²) >= 11 is 0. The molecule has 0 fully saturated rings. The molecule has 2 rings (SSSR count). The van der Waals surface area contributed by atoms with E-state index in [4.69, 9.17) is 0 Å². The third kappa shape index (κ3) is 1.74. The van der Waals surface area contributed by atoms with E-state index in [1.165, 1.54) is 6.08 Å². The number of aliphatic imine (C=N–C) groups is 2. The van der Waals surface area contributed by atoms with Gasteiger partial charge in [0.1, 0.15) is 12.3 Å². The molecule has 0 saturated carbocycles. The summed E-state index contributed by atoms with van der Waals surface area (Å²) in [5.74, 6) is -1.25. The van der Waals surface area contributed by atoms with Crippen molar-refractivity contribution in [2.45, 2.75) is 6.18 Å². The van der Waals surface area contributed by atoms with Gasteiger partial charge >= 0.3 is 6.18 Å². The van der Waals surface area contributed by atoms with Crippen LogP contribution in [-0.4, -0.2) is 24.1 Å². The largest absolute Gasteiger partial charge is 0.416 e. The fourth-order valence-corrected chi connectivity index (χ4v) is 1.33. The fraction of sp³-hybridized carbons (Fsp3) is 0.222. The third-order valence-corrected chi connectivity index (χ3v) is 2.08. The minimum atomic E-state index is -4.42. The van der Waals surface area contributed by atoms with Crippen molar-refractivity contribution in [3.8, 4) is 0 Å². The van der Waals surface area contributed by atoms with Gasteiger partial charge in [-0.15, -0.1) is 0 Å². The highest BCUT2D eigenvalue weighted by Gasteiger charge is 2.36. The first-order valence-corrected chi connectivity index (χ1v) is 4.09. The van der Waals surface area contributed by atoms with E-state index < -0.39 is 23.6 Å². The number of halogens is 3. The summed E-state index contributed by atoms with van der Waals surface area (Å²) in [6, 6.07) is 0. The van der Waals surface area contributed by atoms with Crippen LogP contribution in [-0.2, 0) is 4.79 Å². The van der Waals surface area contributed by atoms with E-state index >= 15 is 0 Å². The second-order valence-electron chi connectivity index (χ2n) is 3.07.